The molecule has 1 aliphatic heterocycles. The molecule has 1 amide bonds. The van der Waals surface area contributed by atoms with E-state index in [1.54, 1.807) is 0 Å². The van der Waals surface area contributed by atoms with E-state index in [1.807, 2.05) is 13.8 Å². The first kappa shape index (κ1) is 19.7. The minimum atomic E-state index is -3.83. The molecule has 1 aromatic carbocycles. The summed E-state index contributed by atoms with van der Waals surface area (Å²) in [6.07, 6.45) is 0.771. The lowest BCUT2D eigenvalue weighted by Crippen LogP contribution is -2.49. The maximum atomic E-state index is 12.9. The van der Waals surface area contributed by atoms with Gasteiger partial charge in [-0.15, -0.1) is 11.8 Å². The standard InChI is InChI=1S/C16H22N2O5S2/c1-4-11(2)17-15(19)14-9-24-10-18(14)25(21,22)13-7-5-12(6-8-13)16(20)23-3/h5-8,11,14H,4,9-10H2,1-3H3,(H,17,19). The van der Waals surface area contributed by atoms with Crippen LogP contribution in [0.4, 0.5) is 0 Å². The highest BCUT2D eigenvalue weighted by Crippen LogP contribution is 2.28. The number of ether oxygens (including phenoxy) is 1. The number of carbonyl (C=O) groups is 2. The third-order valence-electron chi connectivity index (χ3n) is 4.03. The highest BCUT2D eigenvalue weighted by atomic mass is 32.2. The average molecular weight is 386 g/mol. The Bertz CT molecular complexity index is 733. The van der Waals surface area contributed by atoms with E-state index in [0.29, 0.717) is 5.75 Å². The molecule has 0 spiro atoms. The number of sulfonamides is 1. The Morgan fingerprint density at radius 1 is 1.36 bits per heavy atom. The van der Waals surface area contributed by atoms with E-state index < -0.39 is 22.0 Å². The number of benzene rings is 1. The Morgan fingerprint density at radius 2 is 2.00 bits per heavy atom. The molecule has 0 radical (unpaired) electrons. The fraction of sp³-hybridized carbons (Fsp3) is 0.500. The van der Waals surface area contributed by atoms with Crippen molar-refractivity contribution in [3.63, 3.8) is 0 Å². The number of amides is 1. The summed E-state index contributed by atoms with van der Waals surface area (Å²) in [7, 11) is -2.57. The van der Waals surface area contributed by atoms with Crippen molar-refractivity contribution in [2.75, 3.05) is 18.7 Å². The molecule has 2 unspecified atom stereocenters. The number of thioether (sulfide) groups is 1. The maximum absolute atomic E-state index is 12.9. The second kappa shape index (κ2) is 8.20. The minimum absolute atomic E-state index is 0.0120. The van der Waals surface area contributed by atoms with Crippen LogP contribution in [0.2, 0.25) is 0 Å². The van der Waals surface area contributed by atoms with Crippen LogP contribution in [-0.2, 0) is 19.6 Å². The molecule has 9 heteroatoms. The van der Waals surface area contributed by atoms with Gasteiger partial charge in [-0.3, -0.25) is 4.79 Å². The first-order chi connectivity index (χ1) is 11.8. The van der Waals surface area contributed by atoms with Gasteiger partial charge in [0.2, 0.25) is 15.9 Å². The Balaban J connectivity index is 2.22. The maximum Gasteiger partial charge on any atom is 0.337 e. The number of carbonyl (C=O) groups excluding carboxylic acids is 2. The molecule has 7 nitrogen and oxygen atoms in total. The zero-order valence-electron chi connectivity index (χ0n) is 14.4. The number of methoxy groups -OCH3 is 1. The summed E-state index contributed by atoms with van der Waals surface area (Å²) >= 11 is 1.40. The number of nitrogens with one attached hydrogen (secondary N) is 1. The zero-order chi connectivity index (χ0) is 18.6. The molecule has 2 rings (SSSR count). The molecule has 1 saturated heterocycles. The summed E-state index contributed by atoms with van der Waals surface area (Å²) in [6, 6.07) is 4.76. The van der Waals surface area contributed by atoms with Gasteiger partial charge in [-0.25, -0.2) is 13.2 Å². The lowest BCUT2D eigenvalue weighted by Gasteiger charge is -2.24. The lowest BCUT2D eigenvalue weighted by atomic mass is 10.2. The summed E-state index contributed by atoms with van der Waals surface area (Å²) in [5.74, 6) is -0.179. The lowest BCUT2D eigenvalue weighted by molar-refractivity contribution is -0.124. The van der Waals surface area contributed by atoms with Crippen molar-refractivity contribution >= 4 is 33.7 Å². The third-order valence-corrected chi connectivity index (χ3v) is 7.07. The van der Waals surface area contributed by atoms with Crippen molar-refractivity contribution in [2.24, 2.45) is 0 Å². The molecule has 25 heavy (non-hydrogen) atoms. The highest BCUT2D eigenvalue weighted by molar-refractivity contribution is 8.00. The van der Waals surface area contributed by atoms with Crippen molar-refractivity contribution in [2.45, 2.75) is 37.2 Å². The SMILES string of the molecule is CCC(C)NC(=O)C1CSCN1S(=O)(=O)c1ccc(C(=O)OC)cc1. The van der Waals surface area contributed by atoms with Crippen molar-refractivity contribution < 1.29 is 22.7 Å². The molecule has 1 aromatic rings. The quantitative estimate of drug-likeness (QED) is 0.744. The predicted molar refractivity (Wildman–Crippen MR) is 95.8 cm³/mol. The summed E-state index contributed by atoms with van der Waals surface area (Å²) in [5, 5.41) is 2.84. The minimum Gasteiger partial charge on any atom is -0.465 e. The van der Waals surface area contributed by atoms with Gasteiger partial charge in [0.25, 0.3) is 0 Å². The van der Waals surface area contributed by atoms with Gasteiger partial charge >= 0.3 is 5.97 Å². The Kier molecular flexibility index (Phi) is 6.47. The molecular weight excluding hydrogens is 364 g/mol. The average Bonchev–Trinajstić information content (AvgIpc) is 3.11. The topological polar surface area (TPSA) is 92.8 Å². The van der Waals surface area contributed by atoms with Crippen molar-refractivity contribution in [3.8, 4) is 0 Å². The molecule has 1 fully saturated rings. The summed E-state index contributed by atoms with van der Waals surface area (Å²) in [5.41, 5.74) is 0.267. The second-order valence-corrected chi connectivity index (χ2v) is 8.63. The number of nitrogens with zero attached hydrogens (tertiary/aromatic N) is 1. The molecule has 1 N–H and O–H groups in total. The van der Waals surface area contributed by atoms with Gasteiger partial charge in [-0.1, -0.05) is 6.92 Å². The largest absolute Gasteiger partial charge is 0.465 e. The molecular formula is C16H22N2O5S2. The van der Waals surface area contributed by atoms with Crippen LogP contribution in [-0.4, -0.2) is 55.4 Å². The molecule has 0 aromatic heterocycles. The van der Waals surface area contributed by atoms with E-state index in [-0.39, 0.29) is 28.3 Å². The van der Waals surface area contributed by atoms with Gasteiger partial charge in [0.05, 0.1) is 23.4 Å². The molecule has 1 heterocycles. The molecule has 1 aliphatic rings. The first-order valence-corrected chi connectivity index (χ1v) is 10.5. The van der Waals surface area contributed by atoms with Crippen LogP contribution in [0.3, 0.4) is 0 Å². The van der Waals surface area contributed by atoms with Gasteiger partial charge in [0, 0.05) is 11.8 Å². The molecule has 138 valence electrons. The fourth-order valence-corrected chi connectivity index (χ4v) is 5.48. The highest BCUT2D eigenvalue weighted by Gasteiger charge is 2.40. The summed E-state index contributed by atoms with van der Waals surface area (Å²) < 4.78 is 31.6. The second-order valence-electron chi connectivity index (χ2n) is 5.74. The van der Waals surface area contributed by atoms with Crippen molar-refractivity contribution in [3.05, 3.63) is 29.8 Å². The predicted octanol–water partition coefficient (Wildman–Crippen LogP) is 1.45. The summed E-state index contributed by atoms with van der Waals surface area (Å²) in [4.78, 5) is 23.9. The normalized spacial score (nSPS) is 19.4. The van der Waals surface area contributed by atoms with Gasteiger partial charge in [0.1, 0.15) is 6.04 Å². The van der Waals surface area contributed by atoms with E-state index in [0.717, 1.165) is 6.42 Å². The van der Waals surface area contributed by atoms with Gasteiger partial charge < -0.3 is 10.1 Å². The third kappa shape index (κ3) is 4.34. The molecule has 0 bridgehead atoms. The van der Waals surface area contributed by atoms with E-state index in [1.165, 1.54) is 47.4 Å². The summed E-state index contributed by atoms with van der Waals surface area (Å²) in [6.45, 7) is 3.83. The van der Waals surface area contributed by atoms with Crippen molar-refractivity contribution in [1.29, 1.82) is 0 Å². The Labute approximate surface area is 152 Å². The number of esters is 1. The van der Waals surface area contributed by atoms with E-state index in [4.69, 9.17) is 0 Å². The van der Waals surface area contributed by atoms with Crippen molar-refractivity contribution in [1.82, 2.24) is 9.62 Å². The number of hydrogen-bond acceptors (Lipinski definition) is 6. The Hall–Kier alpha value is -1.58. The van der Waals surface area contributed by atoms with E-state index in [9.17, 15) is 18.0 Å². The van der Waals surface area contributed by atoms with E-state index >= 15 is 0 Å². The van der Waals surface area contributed by atoms with Gasteiger partial charge in [-0.05, 0) is 37.6 Å². The molecule has 0 saturated carbocycles. The van der Waals surface area contributed by atoms with E-state index in [2.05, 4.69) is 10.1 Å². The van der Waals surface area contributed by atoms with Crippen LogP contribution in [0.25, 0.3) is 0 Å². The molecule has 2 atom stereocenters. The van der Waals surface area contributed by atoms with Gasteiger partial charge in [0.15, 0.2) is 0 Å². The zero-order valence-corrected chi connectivity index (χ0v) is 16.0. The monoisotopic (exact) mass is 386 g/mol. The number of rotatable bonds is 6. The van der Waals surface area contributed by atoms with Gasteiger partial charge in [-0.2, -0.15) is 4.31 Å². The Morgan fingerprint density at radius 3 is 2.56 bits per heavy atom. The smallest absolute Gasteiger partial charge is 0.337 e. The van der Waals surface area contributed by atoms with Crippen LogP contribution in [0, 0.1) is 0 Å². The van der Waals surface area contributed by atoms with Crippen LogP contribution in [0.5, 0.6) is 0 Å². The molecule has 0 aliphatic carbocycles. The van der Waals surface area contributed by atoms with Crippen LogP contribution in [0.1, 0.15) is 30.6 Å². The first-order valence-electron chi connectivity index (χ1n) is 7.89. The van der Waals surface area contributed by atoms with Crippen LogP contribution < -0.4 is 5.32 Å². The number of hydrogen-bond donors (Lipinski definition) is 1. The van der Waals surface area contributed by atoms with Crippen LogP contribution >= 0.6 is 11.8 Å². The fourth-order valence-electron chi connectivity index (χ4n) is 2.33. The van der Waals surface area contributed by atoms with Crippen LogP contribution in [0.15, 0.2) is 29.2 Å².